The van der Waals surface area contributed by atoms with Gasteiger partial charge in [-0.3, -0.25) is 4.90 Å². The van der Waals surface area contributed by atoms with Crippen LogP contribution in [0.4, 0.5) is 4.79 Å². The van der Waals surface area contributed by atoms with E-state index in [0.717, 1.165) is 49.5 Å². The molecule has 3 rings (SSSR count). The molecule has 0 spiro atoms. The third-order valence-electron chi connectivity index (χ3n) is 4.44. The van der Waals surface area contributed by atoms with Crippen LogP contribution in [0.25, 0.3) is 11.1 Å². The Kier molecular flexibility index (Phi) is 6.19. The Morgan fingerprint density at radius 3 is 2.65 bits per heavy atom. The Morgan fingerprint density at radius 2 is 1.96 bits per heavy atom. The normalized spacial score (nSPS) is 15.0. The summed E-state index contributed by atoms with van der Waals surface area (Å²) in [5.41, 5.74) is 2.89. The molecule has 140 valence electrons. The van der Waals surface area contributed by atoms with Crippen molar-refractivity contribution in [3.8, 4) is 17.0 Å². The van der Waals surface area contributed by atoms with Crippen molar-refractivity contribution in [3.63, 3.8) is 0 Å². The summed E-state index contributed by atoms with van der Waals surface area (Å²) >= 11 is 5.98. The molecule has 0 bridgehead atoms. The van der Waals surface area contributed by atoms with Gasteiger partial charge < -0.3 is 19.4 Å². The number of carbonyl (C=O) groups excluding carboxylic acids is 1. The van der Waals surface area contributed by atoms with Crippen molar-refractivity contribution in [2.75, 3.05) is 39.4 Å². The summed E-state index contributed by atoms with van der Waals surface area (Å²) in [6, 6.07) is 7.51. The van der Waals surface area contributed by atoms with Crippen LogP contribution in [0.15, 0.2) is 30.5 Å². The number of carbonyl (C=O) groups is 1. The van der Waals surface area contributed by atoms with Crippen molar-refractivity contribution < 1.29 is 14.3 Å². The lowest BCUT2D eigenvalue weighted by atomic mass is 10.1. The van der Waals surface area contributed by atoms with E-state index in [9.17, 15) is 4.79 Å². The predicted octanol–water partition coefficient (Wildman–Crippen LogP) is 3.07. The minimum atomic E-state index is -0.449. The first-order valence-corrected chi connectivity index (χ1v) is 9.10. The highest BCUT2D eigenvalue weighted by Gasteiger charge is 2.18. The van der Waals surface area contributed by atoms with Crippen LogP contribution in [0.1, 0.15) is 5.56 Å². The average molecular weight is 378 g/mol. The minimum Gasteiger partial charge on any atom is -0.392 e. The molecule has 1 aliphatic rings. The molecule has 1 aromatic carbocycles. The summed E-state index contributed by atoms with van der Waals surface area (Å²) in [5.74, 6) is 0.522. The van der Waals surface area contributed by atoms with Crippen LogP contribution in [-0.2, 0) is 11.8 Å². The molecule has 7 heteroatoms. The molecule has 1 amide bonds. The van der Waals surface area contributed by atoms with Gasteiger partial charge in [-0.2, -0.15) is 0 Å². The predicted molar refractivity (Wildman–Crippen MR) is 102 cm³/mol. The fourth-order valence-corrected chi connectivity index (χ4v) is 3.24. The van der Waals surface area contributed by atoms with Crippen molar-refractivity contribution >= 4 is 17.7 Å². The van der Waals surface area contributed by atoms with Crippen LogP contribution in [0, 0.1) is 6.92 Å². The second-order valence-electron chi connectivity index (χ2n) is 6.38. The quantitative estimate of drug-likeness (QED) is 0.870. The maximum atomic E-state index is 12.2. The average Bonchev–Trinajstić information content (AvgIpc) is 2.90. The minimum absolute atomic E-state index is 0.449. The summed E-state index contributed by atoms with van der Waals surface area (Å²) in [7, 11) is 1.86. The first-order chi connectivity index (χ1) is 12.5. The number of hydrogen-bond acceptors (Lipinski definition) is 4. The second-order valence-corrected chi connectivity index (χ2v) is 6.82. The van der Waals surface area contributed by atoms with E-state index < -0.39 is 6.09 Å². The van der Waals surface area contributed by atoms with E-state index in [4.69, 9.17) is 21.1 Å². The highest BCUT2D eigenvalue weighted by atomic mass is 35.5. The van der Waals surface area contributed by atoms with E-state index in [1.807, 2.05) is 49.0 Å². The molecule has 0 aliphatic carbocycles. The molecule has 1 fully saturated rings. The largest absolute Gasteiger partial charge is 0.413 e. The maximum Gasteiger partial charge on any atom is 0.413 e. The van der Waals surface area contributed by atoms with E-state index in [1.54, 1.807) is 0 Å². The maximum absolute atomic E-state index is 12.2. The van der Waals surface area contributed by atoms with Gasteiger partial charge in [0.25, 0.3) is 0 Å². The van der Waals surface area contributed by atoms with Gasteiger partial charge >= 0.3 is 6.09 Å². The Hall–Kier alpha value is -2.02. The fourth-order valence-electron chi connectivity index (χ4n) is 3.11. The molecule has 2 aromatic rings. The van der Waals surface area contributed by atoms with Crippen LogP contribution in [0.3, 0.4) is 0 Å². The number of nitrogens with zero attached hydrogens (tertiary/aromatic N) is 2. The van der Waals surface area contributed by atoms with Crippen molar-refractivity contribution in [1.29, 1.82) is 0 Å². The molecule has 0 atom stereocenters. The molecule has 1 aliphatic heterocycles. The summed E-state index contributed by atoms with van der Waals surface area (Å²) in [6.07, 6.45) is 1.50. The number of aryl methyl sites for hydroxylation is 2. The van der Waals surface area contributed by atoms with E-state index in [1.165, 1.54) is 0 Å². The third kappa shape index (κ3) is 4.58. The van der Waals surface area contributed by atoms with Gasteiger partial charge in [-0.25, -0.2) is 4.79 Å². The number of amides is 1. The standard InChI is InChI=1S/C19H24ClN3O3/c1-14-13-22(2)18(17(14)15-3-5-16(20)6-4-15)26-19(24)21-7-8-23-9-11-25-12-10-23/h3-6,13H,7-12H2,1-2H3,(H,21,24). The summed E-state index contributed by atoms with van der Waals surface area (Å²) in [6.45, 7) is 6.61. The molecule has 1 N–H and O–H groups in total. The number of ether oxygens (including phenoxy) is 2. The first-order valence-electron chi connectivity index (χ1n) is 8.72. The first kappa shape index (κ1) is 18.8. The van der Waals surface area contributed by atoms with Crippen LogP contribution < -0.4 is 10.1 Å². The van der Waals surface area contributed by atoms with Crippen molar-refractivity contribution in [1.82, 2.24) is 14.8 Å². The molecule has 0 unspecified atom stereocenters. The Labute approximate surface area is 158 Å². The lowest BCUT2D eigenvalue weighted by Gasteiger charge is -2.26. The van der Waals surface area contributed by atoms with Gasteiger partial charge in [-0.1, -0.05) is 23.7 Å². The molecular formula is C19H24ClN3O3. The zero-order valence-electron chi connectivity index (χ0n) is 15.1. The SMILES string of the molecule is Cc1cn(C)c(OC(=O)NCCN2CCOCC2)c1-c1ccc(Cl)cc1. The van der Waals surface area contributed by atoms with Gasteiger partial charge in [-0.15, -0.1) is 0 Å². The number of hydrogen-bond donors (Lipinski definition) is 1. The zero-order chi connectivity index (χ0) is 18.5. The number of aromatic nitrogens is 1. The lowest BCUT2D eigenvalue weighted by molar-refractivity contribution is 0.0385. The summed E-state index contributed by atoms with van der Waals surface area (Å²) < 4.78 is 12.7. The summed E-state index contributed by atoms with van der Waals surface area (Å²) in [4.78, 5) is 14.5. The van der Waals surface area contributed by atoms with Crippen molar-refractivity contribution in [3.05, 3.63) is 41.0 Å². The van der Waals surface area contributed by atoms with Crippen LogP contribution in [-0.4, -0.2) is 55.0 Å². The molecule has 1 saturated heterocycles. The Morgan fingerprint density at radius 1 is 1.27 bits per heavy atom. The number of benzene rings is 1. The van der Waals surface area contributed by atoms with Crippen LogP contribution in [0.2, 0.25) is 5.02 Å². The molecular weight excluding hydrogens is 354 g/mol. The smallest absolute Gasteiger partial charge is 0.392 e. The monoisotopic (exact) mass is 377 g/mol. The van der Waals surface area contributed by atoms with Crippen LogP contribution >= 0.6 is 11.6 Å². The topological polar surface area (TPSA) is 55.7 Å². The number of halogens is 1. The second kappa shape index (κ2) is 8.58. The van der Waals surface area contributed by atoms with E-state index in [0.29, 0.717) is 17.4 Å². The van der Waals surface area contributed by atoms with Gasteiger partial charge in [-0.05, 0) is 30.2 Å². The highest BCUT2D eigenvalue weighted by molar-refractivity contribution is 6.30. The summed E-state index contributed by atoms with van der Waals surface area (Å²) in [5, 5.41) is 3.50. The van der Waals surface area contributed by atoms with Crippen molar-refractivity contribution in [2.45, 2.75) is 6.92 Å². The fraction of sp³-hybridized carbons (Fsp3) is 0.421. The lowest BCUT2D eigenvalue weighted by Crippen LogP contribution is -2.41. The van der Waals surface area contributed by atoms with E-state index >= 15 is 0 Å². The van der Waals surface area contributed by atoms with Gasteiger partial charge in [0.05, 0.1) is 13.2 Å². The molecule has 0 saturated carbocycles. The number of morpholine rings is 1. The Bertz CT molecular complexity index is 752. The molecule has 0 radical (unpaired) electrons. The Balaban J connectivity index is 1.63. The molecule has 2 heterocycles. The molecule has 6 nitrogen and oxygen atoms in total. The molecule has 1 aromatic heterocycles. The highest BCUT2D eigenvalue weighted by Crippen LogP contribution is 2.35. The zero-order valence-corrected chi connectivity index (χ0v) is 15.9. The van der Waals surface area contributed by atoms with Crippen LogP contribution in [0.5, 0.6) is 5.88 Å². The van der Waals surface area contributed by atoms with Crippen molar-refractivity contribution in [2.24, 2.45) is 7.05 Å². The molecule has 26 heavy (non-hydrogen) atoms. The van der Waals surface area contributed by atoms with E-state index in [-0.39, 0.29) is 0 Å². The van der Waals surface area contributed by atoms with Gasteiger partial charge in [0.1, 0.15) is 0 Å². The van der Waals surface area contributed by atoms with E-state index in [2.05, 4.69) is 10.2 Å². The third-order valence-corrected chi connectivity index (χ3v) is 4.69. The van der Waals surface area contributed by atoms with Gasteiger partial charge in [0.2, 0.25) is 5.88 Å². The number of nitrogens with one attached hydrogen (secondary N) is 1. The number of rotatable bonds is 5. The van der Waals surface area contributed by atoms with Gasteiger partial charge in [0.15, 0.2) is 0 Å². The van der Waals surface area contributed by atoms with Gasteiger partial charge in [0, 0.05) is 50.0 Å².